The zero-order valence-electron chi connectivity index (χ0n) is 9.27. The van der Waals surface area contributed by atoms with Crippen LogP contribution in [0.15, 0.2) is 12.5 Å². The first-order valence-electron chi connectivity index (χ1n) is 5.71. The fourth-order valence-electron chi connectivity index (χ4n) is 2.21. The molecular formula is C11H17IN4. The van der Waals surface area contributed by atoms with Gasteiger partial charge in [0.1, 0.15) is 12.1 Å². The molecule has 88 valence electrons. The molecule has 0 aromatic carbocycles. The van der Waals surface area contributed by atoms with Crippen LogP contribution in [0.2, 0.25) is 0 Å². The number of piperidine rings is 1. The van der Waals surface area contributed by atoms with Crippen LogP contribution in [0.1, 0.15) is 19.3 Å². The number of nitrogens with two attached hydrogens (primary N) is 1. The van der Waals surface area contributed by atoms with Crippen LogP contribution in [0.3, 0.4) is 0 Å². The number of anilines is 1. The summed E-state index contributed by atoms with van der Waals surface area (Å²) in [5.74, 6) is 1.89. The topological polar surface area (TPSA) is 55.0 Å². The summed E-state index contributed by atoms with van der Waals surface area (Å²) in [6.07, 6.45) is 7.13. The Labute approximate surface area is 110 Å². The van der Waals surface area contributed by atoms with Gasteiger partial charge in [-0.1, -0.05) is 0 Å². The van der Waals surface area contributed by atoms with Crippen molar-refractivity contribution in [3.63, 3.8) is 0 Å². The number of nitrogens with zero attached hydrogens (tertiary/aromatic N) is 3. The maximum Gasteiger partial charge on any atom is 0.145 e. The van der Waals surface area contributed by atoms with Crippen molar-refractivity contribution in [1.29, 1.82) is 0 Å². The van der Waals surface area contributed by atoms with Gasteiger partial charge in [-0.3, -0.25) is 0 Å². The lowest BCUT2D eigenvalue weighted by atomic mass is 9.94. The van der Waals surface area contributed by atoms with Crippen LogP contribution in [0.5, 0.6) is 0 Å². The molecule has 0 radical (unpaired) electrons. The molecule has 4 nitrogen and oxygen atoms in total. The van der Waals surface area contributed by atoms with Gasteiger partial charge in [-0.15, -0.1) is 0 Å². The van der Waals surface area contributed by atoms with Crippen molar-refractivity contribution in [3.8, 4) is 0 Å². The summed E-state index contributed by atoms with van der Waals surface area (Å²) in [6.45, 7) is 3.01. The van der Waals surface area contributed by atoms with Crippen LogP contribution >= 0.6 is 22.6 Å². The molecule has 0 bridgehead atoms. The van der Waals surface area contributed by atoms with E-state index in [1.165, 1.54) is 12.8 Å². The van der Waals surface area contributed by atoms with Crippen molar-refractivity contribution in [2.45, 2.75) is 19.3 Å². The second kappa shape index (κ2) is 5.77. The van der Waals surface area contributed by atoms with E-state index in [1.54, 1.807) is 6.33 Å². The largest absolute Gasteiger partial charge is 0.356 e. The molecule has 1 aromatic rings. The van der Waals surface area contributed by atoms with Gasteiger partial charge in [-0.25, -0.2) is 9.97 Å². The van der Waals surface area contributed by atoms with Crippen LogP contribution < -0.4 is 10.6 Å². The lowest BCUT2D eigenvalue weighted by molar-refractivity contribution is 0.385. The van der Waals surface area contributed by atoms with Gasteiger partial charge >= 0.3 is 0 Å². The van der Waals surface area contributed by atoms with E-state index in [9.17, 15) is 0 Å². The van der Waals surface area contributed by atoms with E-state index >= 15 is 0 Å². The molecule has 1 fully saturated rings. The summed E-state index contributed by atoms with van der Waals surface area (Å²) in [6, 6.07) is 0. The summed E-state index contributed by atoms with van der Waals surface area (Å²) < 4.78 is 1.14. The number of aromatic nitrogens is 2. The Balaban J connectivity index is 1.96. The zero-order chi connectivity index (χ0) is 11.4. The van der Waals surface area contributed by atoms with Crippen LogP contribution in [0.25, 0.3) is 0 Å². The van der Waals surface area contributed by atoms with Crippen molar-refractivity contribution >= 4 is 28.4 Å². The third kappa shape index (κ3) is 2.82. The minimum absolute atomic E-state index is 0.806. The molecule has 1 saturated heterocycles. The minimum Gasteiger partial charge on any atom is -0.356 e. The quantitative estimate of drug-likeness (QED) is 0.855. The summed E-state index contributed by atoms with van der Waals surface area (Å²) in [7, 11) is 0. The van der Waals surface area contributed by atoms with Gasteiger partial charge in [0, 0.05) is 19.3 Å². The van der Waals surface area contributed by atoms with Crippen LogP contribution in [0.4, 0.5) is 5.82 Å². The van der Waals surface area contributed by atoms with Crippen LogP contribution in [-0.2, 0) is 0 Å². The molecule has 1 aliphatic rings. The van der Waals surface area contributed by atoms with Crippen LogP contribution in [0, 0.1) is 9.49 Å². The molecule has 1 aliphatic heterocycles. The number of rotatable bonds is 3. The van der Waals surface area contributed by atoms with Gasteiger partial charge in [0.05, 0.1) is 3.57 Å². The smallest absolute Gasteiger partial charge is 0.145 e. The standard InChI is InChI=1S/C11H17IN4/c12-10-7-14-8-15-11(10)16-5-2-9(1-4-13)3-6-16/h7-9H,1-6,13H2. The molecule has 16 heavy (non-hydrogen) atoms. The maximum absolute atomic E-state index is 5.59. The molecule has 0 unspecified atom stereocenters. The molecule has 2 heterocycles. The Morgan fingerprint density at radius 3 is 2.81 bits per heavy atom. The van der Waals surface area contributed by atoms with Gasteiger partial charge in [0.2, 0.25) is 0 Å². The summed E-state index contributed by atoms with van der Waals surface area (Å²) in [5.41, 5.74) is 5.59. The molecule has 2 rings (SSSR count). The van der Waals surface area contributed by atoms with E-state index in [0.717, 1.165) is 41.4 Å². The Bertz CT molecular complexity index is 337. The molecule has 5 heteroatoms. The molecule has 1 aromatic heterocycles. The number of hydrogen-bond acceptors (Lipinski definition) is 4. The van der Waals surface area contributed by atoms with E-state index in [2.05, 4.69) is 37.5 Å². The summed E-state index contributed by atoms with van der Waals surface area (Å²) >= 11 is 2.30. The van der Waals surface area contributed by atoms with Gasteiger partial charge in [0.25, 0.3) is 0 Å². The molecule has 2 N–H and O–H groups in total. The fourth-order valence-corrected chi connectivity index (χ4v) is 2.85. The molecule has 0 spiro atoms. The van der Waals surface area contributed by atoms with Crippen LogP contribution in [-0.4, -0.2) is 29.6 Å². The summed E-state index contributed by atoms with van der Waals surface area (Å²) in [5, 5.41) is 0. The predicted octanol–water partition coefficient (Wildman–Crippen LogP) is 1.65. The Morgan fingerprint density at radius 1 is 1.44 bits per heavy atom. The summed E-state index contributed by atoms with van der Waals surface area (Å²) in [4.78, 5) is 10.7. The third-order valence-electron chi connectivity index (χ3n) is 3.14. The van der Waals surface area contributed by atoms with Crippen molar-refractivity contribution in [3.05, 3.63) is 16.1 Å². The van der Waals surface area contributed by atoms with Gasteiger partial charge < -0.3 is 10.6 Å². The molecule has 0 saturated carbocycles. The second-order valence-electron chi connectivity index (χ2n) is 4.20. The molecule has 0 atom stereocenters. The van der Waals surface area contributed by atoms with E-state index < -0.39 is 0 Å². The SMILES string of the molecule is NCCC1CCN(c2ncncc2I)CC1. The maximum atomic E-state index is 5.59. The second-order valence-corrected chi connectivity index (χ2v) is 5.36. The van der Waals surface area contributed by atoms with E-state index in [-0.39, 0.29) is 0 Å². The first-order chi connectivity index (χ1) is 7.81. The molecule has 0 aliphatic carbocycles. The van der Waals surface area contributed by atoms with Crippen molar-refractivity contribution in [1.82, 2.24) is 9.97 Å². The number of halogens is 1. The fraction of sp³-hybridized carbons (Fsp3) is 0.636. The van der Waals surface area contributed by atoms with E-state index in [4.69, 9.17) is 5.73 Å². The average molecular weight is 332 g/mol. The van der Waals surface area contributed by atoms with Crippen molar-refractivity contribution in [2.24, 2.45) is 11.7 Å². The Hall–Kier alpha value is -0.430. The monoisotopic (exact) mass is 332 g/mol. The highest BCUT2D eigenvalue weighted by Crippen LogP contribution is 2.25. The van der Waals surface area contributed by atoms with Crippen molar-refractivity contribution < 1.29 is 0 Å². The first-order valence-corrected chi connectivity index (χ1v) is 6.79. The van der Waals surface area contributed by atoms with E-state index in [0.29, 0.717) is 0 Å². The lowest BCUT2D eigenvalue weighted by Gasteiger charge is -2.33. The highest BCUT2D eigenvalue weighted by Gasteiger charge is 2.20. The average Bonchev–Trinajstić information content (AvgIpc) is 2.31. The highest BCUT2D eigenvalue weighted by molar-refractivity contribution is 14.1. The predicted molar refractivity (Wildman–Crippen MR) is 73.4 cm³/mol. The molecular weight excluding hydrogens is 315 g/mol. The van der Waals surface area contributed by atoms with Gasteiger partial charge in [0.15, 0.2) is 0 Å². The minimum atomic E-state index is 0.806. The normalized spacial score (nSPS) is 17.8. The zero-order valence-corrected chi connectivity index (χ0v) is 11.4. The Morgan fingerprint density at radius 2 is 2.19 bits per heavy atom. The third-order valence-corrected chi connectivity index (χ3v) is 3.90. The lowest BCUT2D eigenvalue weighted by Crippen LogP contribution is -2.35. The number of hydrogen-bond donors (Lipinski definition) is 1. The van der Waals surface area contributed by atoms with E-state index in [1.807, 2.05) is 6.20 Å². The van der Waals surface area contributed by atoms with Gasteiger partial charge in [-0.2, -0.15) is 0 Å². The highest BCUT2D eigenvalue weighted by atomic mass is 127. The molecule has 0 amide bonds. The van der Waals surface area contributed by atoms with Gasteiger partial charge in [-0.05, 0) is 54.3 Å². The first kappa shape index (κ1) is 12.0. The van der Waals surface area contributed by atoms with Crippen molar-refractivity contribution in [2.75, 3.05) is 24.5 Å². The Kier molecular flexibility index (Phi) is 4.34.